The molecule has 0 radical (unpaired) electrons. The van der Waals surface area contributed by atoms with Gasteiger partial charge in [0.1, 0.15) is 9.90 Å². The quantitative estimate of drug-likeness (QED) is 0.840. The average Bonchev–Trinajstić information content (AvgIpc) is 2.75. The molecular formula is C10H14N6O2S2. The van der Waals surface area contributed by atoms with E-state index >= 15 is 0 Å². The van der Waals surface area contributed by atoms with Crippen molar-refractivity contribution in [3.63, 3.8) is 0 Å². The van der Waals surface area contributed by atoms with Crippen LogP contribution in [-0.2, 0) is 16.4 Å². The van der Waals surface area contributed by atoms with Crippen LogP contribution < -0.4 is 10.5 Å². The van der Waals surface area contributed by atoms with E-state index in [-0.39, 0.29) is 16.0 Å². The van der Waals surface area contributed by atoms with E-state index < -0.39 is 10.0 Å². The van der Waals surface area contributed by atoms with E-state index in [0.717, 1.165) is 23.8 Å². The summed E-state index contributed by atoms with van der Waals surface area (Å²) in [6.45, 7) is 4.11. The zero-order chi connectivity index (χ0) is 14.8. The molecule has 10 heteroatoms. The monoisotopic (exact) mass is 314 g/mol. The van der Waals surface area contributed by atoms with Crippen molar-refractivity contribution in [1.82, 2.24) is 20.2 Å². The number of nitrogens with one attached hydrogen (secondary N) is 1. The summed E-state index contributed by atoms with van der Waals surface area (Å²) in [6.07, 6.45) is 3.03. The highest BCUT2D eigenvalue weighted by Crippen LogP contribution is 2.21. The van der Waals surface area contributed by atoms with E-state index in [0.29, 0.717) is 5.92 Å². The van der Waals surface area contributed by atoms with E-state index in [4.69, 9.17) is 5.73 Å². The largest absolute Gasteiger partial charge is 0.368 e. The van der Waals surface area contributed by atoms with Crippen LogP contribution in [0.2, 0.25) is 0 Å². The Bertz CT molecular complexity index is 680. The van der Waals surface area contributed by atoms with Gasteiger partial charge in [-0.15, -0.1) is 10.2 Å². The molecule has 2 aromatic rings. The molecule has 3 N–H and O–H groups in total. The molecule has 0 saturated heterocycles. The smallest absolute Gasteiger partial charge is 0.266 e. The molecule has 2 heterocycles. The fraction of sp³-hybridized carbons (Fsp3) is 0.400. The summed E-state index contributed by atoms with van der Waals surface area (Å²) in [5.41, 5.74) is 5.31. The number of hydrogen-bond acceptors (Lipinski definition) is 8. The van der Waals surface area contributed by atoms with Crippen molar-refractivity contribution in [1.29, 1.82) is 0 Å². The summed E-state index contributed by atoms with van der Waals surface area (Å²) >= 11 is 1.21. The van der Waals surface area contributed by atoms with Crippen molar-refractivity contribution in [2.45, 2.75) is 25.2 Å². The molecular weight excluding hydrogens is 300 g/mol. The lowest BCUT2D eigenvalue weighted by molar-refractivity contribution is 0.600. The molecule has 0 aliphatic carbocycles. The van der Waals surface area contributed by atoms with Crippen molar-refractivity contribution in [3.8, 4) is 0 Å². The number of anilines is 2. The van der Waals surface area contributed by atoms with Crippen molar-refractivity contribution in [2.24, 2.45) is 5.92 Å². The van der Waals surface area contributed by atoms with Crippen LogP contribution in [0.4, 0.5) is 11.1 Å². The van der Waals surface area contributed by atoms with E-state index in [2.05, 4.69) is 38.7 Å². The highest BCUT2D eigenvalue weighted by atomic mass is 32.2. The Morgan fingerprint density at radius 2 is 1.95 bits per heavy atom. The SMILES string of the molecule is CC(C)Cc1nnc(NS(=O)(=O)c2cnc(N)nc2)s1. The molecule has 0 aromatic carbocycles. The Balaban J connectivity index is 2.16. The first-order chi connectivity index (χ1) is 9.37. The molecule has 8 nitrogen and oxygen atoms in total. The van der Waals surface area contributed by atoms with E-state index in [1.807, 2.05) is 0 Å². The van der Waals surface area contributed by atoms with Crippen molar-refractivity contribution in [2.75, 3.05) is 10.5 Å². The Morgan fingerprint density at radius 1 is 1.30 bits per heavy atom. The van der Waals surface area contributed by atoms with Gasteiger partial charge in [-0.25, -0.2) is 18.4 Å². The molecule has 0 aliphatic rings. The molecule has 0 aliphatic heterocycles. The van der Waals surface area contributed by atoms with Gasteiger partial charge in [-0.2, -0.15) is 0 Å². The zero-order valence-corrected chi connectivity index (χ0v) is 12.6. The van der Waals surface area contributed by atoms with Gasteiger partial charge >= 0.3 is 0 Å². The van der Waals surface area contributed by atoms with Crippen LogP contribution in [0.15, 0.2) is 17.3 Å². The summed E-state index contributed by atoms with van der Waals surface area (Å²) < 4.78 is 26.4. The summed E-state index contributed by atoms with van der Waals surface area (Å²) in [5.74, 6) is 0.442. The molecule has 2 rings (SSSR count). The summed E-state index contributed by atoms with van der Waals surface area (Å²) in [4.78, 5) is 7.22. The molecule has 0 unspecified atom stereocenters. The second-order valence-corrected chi connectivity index (χ2v) is 7.23. The average molecular weight is 314 g/mol. The molecule has 0 saturated carbocycles. The maximum atomic E-state index is 12.1. The molecule has 2 aromatic heterocycles. The topological polar surface area (TPSA) is 124 Å². The van der Waals surface area contributed by atoms with Gasteiger partial charge in [0.25, 0.3) is 10.0 Å². The molecule has 0 fully saturated rings. The van der Waals surface area contributed by atoms with Crippen molar-refractivity contribution >= 4 is 32.4 Å². The van der Waals surface area contributed by atoms with Crippen molar-refractivity contribution < 1.29 is 8.42 Å². The van der Waals surface area contributed by atoms with Crippen molar-refractivity contribution in [3.05, 3.63) is 17.4 Å². The van der Waals surface area contributed by atoms with Crippen LogP contribution in [0.3, 0.4) is 0 Å². The van der Waals surface area contributed by atoms with Crippen LogP contribution in [-0.4, -0.2) is 28.6 Å². The first-order valence-electron chi connectivity index (χ1n) is 5.79. The Morgan fingerprint density at radius 3 is 2.55 bits per heavy atom. The molecule has 108 valence electrons. The minimum atomic E-state index is -3.77. The number of nitrogens with two attached hydrogens (primary N) is 1. The summed E-state index contributed by atoms with van der Waals surface area (Å²) in [6, 6.07) is 0. The second-order valence-electron chi connectivity index (χ2n) is 4.48. The fourth-order valence-corrected chi connectivity index (χ4v) is 3.44. The van der Waals surface area contributed by atoms with Crippen LogP contribution in [0.5, 0.6) is 0 Å². The highest BCUT2D eigenvalue weighted by Gasteiger charge is 2.18. The Kier molecular flexibility index (Phi) is 4.14. The number of hydrogen-bond donors (Lipinski definition) is 2. The Hall–Kier alpha value is -1.81. The lowest BCUT2D eigenvalue weighted by Crippen LogP contribution is -2.13. The number of rotatable bonds is 5. The lowest BCUT2D eigenvalue weighted by Gasteiger charge is -2.03. The van der Waals surface area contributed by atoms with Gasteiger partial charge in [0, 0.05) is 6.42 Å². The van der Waals surface area contributed by atoms with Crippen LogP contribution in [0, 0.1) is 5.92 Å². The summed E-state index contributed by atoms with van der Waals surface area (Å²) in [7, 11) is -3.77. The molecule has 0 atom stereocenters. The van der Waals surface area contributed by atoms with Gasteiger partial charge < -0.3 is 5.73 Å². The van der Waals surface area contributed by atoms with Gasteiger partial charge in [-0.3, -0.25) is 4.72 Å². The normalized spacial score (nSPS) is 11.8. The highest BCUT2D eigenvalue weighted by molar-refractivity contribution is 7.93. The predicted octanol–water partition coefficient (Wildman–Crippen LogP) is 0.910. The van der Waals surface area contributed by atoms with Gasteiger partial charge in [0.2, 0.25) is 11.1 Å². The molecule has 20 heavy (non-hydrogen) atoms. The van der Waals surface area contributed by atoms with E-state index in [1.54, 1.807) is 0 Å². The number of nitrogens with zero attached hydrogens (tertiary/aromatic N) is 4. The first-order valence-corrected chi connectivity index (χ1v) is 8.09. The predicted molar refractivity (Wildman–Crippen MR) is 75.7 cm³/mol. The van der Waals surface area contributed by atoms with Gasteiger partial charge in [0.05, 0.1) is 12.4 Å². The maximum Gasteiger partial charge on any atom is 0.266 e. The molecule has 0 amide bonds. The van der Waals surface area contributed by atoms with E-state index in [9.17, 15) is 8.42 Å². The van der Waals surface area contributed by atoms with Gasteiger partial charge in [-0.1, -0.05) is 25.2 Å². The minimum Gasteiger partial charge on any atom is -0.368 e. The van der Waals surface area contributed by atoms with Gasteiger partial charge in [-0.05, 0) is 5.92 Å². The maximum absolute atomic E-state index is 12.1. The fourth-order valence-electron chi connectivity index (χ4n) is 1.37. The third-order valence-corrected chi connectivity index (χ3v) is 4.51. The number of aromatic nitrogens is 4. The third kappa shape index (κ3) is 3.61. The lowest BCUT2D eigenvalue weighted by atomic mass is 10.1. The number of sulfonamides is 1. The first kappa shape index (κ1) is 14.6. The molecule has 0 bridgehead atoms. The third-order valence-electron chi connectivity index (χ3n) is 2.23. The Labute approximate surface area is 120 Å². The van der Waals surface area contributed by atoms with Gasteiger partial charge in [0.15, 0.2) is 0 Å². The standard InChI is InChI=1S/C10H14N6O2S2/c1-6(2)3-8-14-15-10(19-8)16-20(17,18)7-4-12-9(11)13-5-7/h4-6H,3H2,1-2H3,(H,15,16)(H2,11,12,13). The van der Waals surface area contributed by atoms with E-state index in [1.165, 1.54) is 11.3 Å². The van der Waals surface area contributed by atoms with Crippen LogP contribution in [0.1, 0.15) is 18.9 Å². The zero-order valence-electron chi connectivity index (χ0n) is 10.9. The number of nitrogen functional groups attached to an aromatic ring is 1. The van der Waals surface area contributed by atoms with Crippen LogP contribution in [0.25, 0.3) is 0 Å². The minimum absolute atomic E-state index is 0.0130. The molecule has 0 spiro atoms. The summed E-state index contributed by atoms with van der Waals surface area (Å²) in [5, 5.41) is 8.75. The van der Waals surface area contributed by atoms with Crippen LogP contribution >= 0.6 is 11.3 Å². The second kappa shape index (κ2) is 5.67.